The molecule has 0 radical (unpaired) electrons. The SMILES string of the molecule is CCCSNCCN=C1C=CCCC1. The molecule has 0 aromatic carbocycles. The van der Waals surface area contributed by atoms with Crippen molar-refractivity contribution in [2.75, 3.05) is 18.8 Å². The van der Waals surface area contributed by atoms with Crippen LogP contribution in [0.5, 0.6) is 0 Å². The molecule has 2 nitrogen and oxygen atoms in total. The summed E-state index contributed by atoms with van der Waals surface area (Å²) in [4.78, 5) is 4.53. The van der Waals surface area contributed by atoms with E-state index in [1.807, 2.05) is 0 Å². The summed E-state index contributed by atoms with van der Waals surface area (Å²) in [6, 6.07) is 0. The molecule has 0 heterocycles. The molecule has 0 bridgehead atoms. The van der Waals surface area contributed by atoms with E-state index in [1.165, 1.54) is 37.1 Å². The van der Waals surface area contributed by atoms with E-state index in [4.69, 9.17) is 0 Å². The molecule has 1 aliphatic carbocycles. The maximum Gasteiger partial charge on any atom is 0.0526 e. The van der Waals surface area contributed by atoms with Crippen molar-refractivity contribution in [3.8, 4) is 0 Å². The third kappa shape index (κ3) is 5.45. The van der Waals surface area contributed by atoms with E-state index in [-0.39, 0.29) is 0 Å². The topological polar surface area (TPSA) is 24.4 Å². The van der Waals surface area contributed by atoms with Crippen LogP contribution in [0.25, 0.3) is 0 Å². The lowest BCUT2D eigenvalue weighted by Crippen LogP contribution is -2.11. The van der Waals surface area contributed by atoms with Crippen LogP contribution in [0, 0.1) is 0 Å². The predicted octanol–water partition coefficient (Wildman–Crippen LogP) is 2.82. The zero-order valence-electron chi connectivity index (χ0n) is 8.96. The Labute approximate surface area is 91.4 Å². The van der Waals surface area contributed by atoms with Crippen LogP contribution in [0.1, 0.15) is 32.6 Å². The Bertz CT molecular complexity index is 199. The van der Waals surface area contributed by atoms with Crippen LogP contribution in [-0.2, 0) is 0 Å². The molecule has 0 atom stereocenters. The van der Waals surface area contributed by atoms with Gasteiger partial charge in [-0.15, -0.1) is 0 Å². The molecule has 0 unspecified atom stereocenters. The summed E-state index contributed by atoms with van der Waals surface area (Å²) in [6.45, 7) is 4.10. The largest absolute Gasteiger partial charge is 0.288 e. The Balaban J connectivity index is 2.01. The second kappa shape index (κ2) is 8.06. The number of hydrogen-bond acceptors (Lipinski definition) is 3. The normalized spacial score (nSPS) is 19.1. The van der Waals surface area contributed by atoms with Gasteiger partial charge in [-0.25, -0.2) is 0 Å². The highest BCUT2D eigenvalue weighted by atomic mass is 32.2. The number of allylic oxidation sites excluding steroid dienone is 2. The second-order valence-corrected chi connectivity index (χ2v) is 4.40. The molecule has 0 aromatic rings. The first kappa shape index (κ1) is 11.8. The van der Waals surface area contributed by atoms with Gasteiger partial charge in [0.05, 0.1) is 6.54 Å². The van der Waals surface area contributed by atoms with Gasteiger partial charge in [-0.05, 0) is 31.8 Å². The predicted molar refractivity (Wildman–Crippen MR) is 66.0 cm³/mol. The Hall–Kier alpha value is -0.280. The van der Waals surface area contributed by atoms with Crippen molar-refractivity contribution >= 4 is 17.7 Å². The summed E-state index contributed by atoms with van der Waals surface area (Å²) < 4.78 is 3.31. The van der Waals surface area contributed by atoms with Gasteiger partial charge in [0, 0.05) is 18.0 Å². The van der Waals surface area contributed by atoms with Gasteiger partial charge < -0.3 is 0 Å². The van der Waals surface area contributed by atoms with Gasteiger partial charge in [0.25, 0.3) is 0 Å². The summed E-state index contributed by atoms with van der Waals surface area (Å²) in [6.07, 6.45) is 9.29. The fourth-order valence-electron chi connectivity index (χ4n) is 1.33. The summed E-state index contributed by atoms with van der Waals surface area (Å²) in [5.74, 6) is 1.19. The zero-order chi connectivity index (χ0) is 10.1. The van der Waals surface area contributed by atoms with E-state index in [0.29, 0.717) is 0 Å². The number of nitrogens with one attached hydrogen (secondary N) is 1. The van der Waals surface area contributed by atoms with Crippen LogP contribution in [0.3, 0.4) is 0 Å². The lowest BCUT2D eigenvalue weighted by Gasteiger charge is -2.06. The minimum absolute atomic E-state index is 0.913. The molecule has 1 rings (SSSR count). The monoisotopic (exact) mass is 212 g/mol. The molecule has 1 aliphatic rings. The average molecular weight is 212 g/mol. The Morgan fingerprint density at radius 3 is 3.21 bits per heavy atom. The average Bonchev–Trinajstić information content (AvgIpc) is 2.25. The van der Waals surface area contributed by atoms with Gasteiger partial charge in [-0.2, -0.15) is 0 Å². The van der Waals surface area contributed by atoms with E-state index < -0.39 is 0 Å². The number of hydrogen-bond donors (Lipinski definition) is 1. The fraction of sp³-hybridized carbons (Fsp3) is 0.727. The molecular formula is C11H20N2S. The first-order valence-corrected chi connectivity index (χ1v) is 6.46. The van der Waals surface area contributed by atoms with Gasteiger partial charge in [0.15, 0.2) is 0 Å². The van der Waals surface area contributed by atoms with Crippen LogP contribution in [-0.4, -0.2) is 24.6 Å². The third-order valence-corrected chi connectivity index (χ3v) is 3.07. The lowest BCUT2D eigenvalue weighted by molar-refractivity contribution is 0.858. The van der Waals surface area contributed by atoms with E-state index in [9.17, 15) is 0 Å². The smallest absolute Gasteiger partial charge is 0.0526 e. The molecule has 80 valence electrons. The molecule has 0 amide bonds. The van der Waals surface area contributed by atoms with Crippen LogP contribution in [0.4, 0.5) is 0 Å². The molecule has 0 saturated heterocycles. The van der Waals surface area contributed by atoms with Gasteiger partial charge in [0.1, 0.15) is 0 Å². The Morgan fingerprint density at radius 1 is 1.57 bits per heavy atom. The summed E-state index contributed by atoms with van der Waals surface area (Å²) in [5.41, 5.74) is 1.28. The highest BCUT2D eigenvalue weighted by Crippen LogP contribution is 2.07. The van der Waals surface area contributed by atoms with Crippen molar-refractivity contribution in [1.29, 1.82) is 0 Å². The minimum Gasteiger partial charge on any atom is -0.288 e. The van der Waals surface area contributed by atoms with Crippen molar-refractivity contribution in [1.82, 2.24) is 4.72 Å². The summed E-state index contributed by atoms with van der Waals surface area (Å²) in [5, 5.41) is 0. The molecule has 0 aromatic heterocycles. The maximum absolute atomic E-state index is 4.53. The van der Waals surface area contributed by atoms with Gasteiger partial charge in [-0.1, -0.05) is 24.9 Å². The highest BCUT2D eigenvalue weighted by Gasteiger charge is 1.98. The fourth-order valence-corrected chi connectivity index (χ4v) is 1.91. The third-order valence-electron chi connectivity index (χ3n) is 2.05. The van der Waals surface area contributed by atoms with Gasteiger partial charge >= 0.3 is 0 Å². The van der Waals surface area contributed by atoms with Crippen molar-refractivity contribution < 1.29 is 0 Å². The molecule has 14 heavy (non-hydrogen) atoms. The second-order valence-electron chi connectivity index (χ2n) is 3.41. The van der Waals surface area contributed by atoms with Crippen molar-refractivity contribution in [2.24, 2.45) is 4.99 Å². The molecule has 3 heteroatoms. The van der Waals surface area contributed by atoms with Crippen LogP contribution in [0.15, 0.2) is 17.1 Å². The molecule has 1 N–H and O–H groups in total. The quantitative estimate of drug-likeness (QED) is 0.541. The van der Waals surface area contributed by atoms with Gasteiger partial charge in [-0.3, -0.25) is 9.71 Å². The molecule has 0 spiro atoms. The zero-order valence-corrected chi connectivity index (χ0v) is 9.78. The Kier molecular flexibility index (Phi) is 6.79. The van der Waals surface area contributed by atoms with Crippen LogP contribution < -0.4 is 4.72 Å². The van der Waals surface area contributed by atoms with Gasteiger partial charge in [0.2, 0.25) is 0 Å². The first-order valence-electron chi connectivity index (χ1n) is 5.48. The molecule has 0 aliphatic heterocycles. The van der Waals surface area contributed by atoms with Crippen molar-refractivity contribution in [2.45, 2.75) is 32.6 Å². The van der Waals surface area contributed by atoms with Crippen LogP contribution in [0.2, 0.25) is 0 Å². The maximum atomic E-state index is 4.53. The summed E-state index contributed by atoms with van der Waals surface area (Å²) >= 11 is 1.80. The highest BCUT2D eigenvalue weighted by molar-refractivity contribution is 7.97. The number of aliphatic imine (C=N–C) groups is 1. The van der Waals surface area contributed by atoms with E-state index in [1.54, 1.807) is 11.9 Å². The Morgan fingerprint density at radius 2 is 2.50 bits per heavy atom. The molecule has 0 fully saturated rings. The molecule has 0 saturated carbocycles. The number of rotatable bonds is 6. The standard InChI is InChI=1S/C11H20N2S/c1-2-10-14-13-9-8-12-11-6-4-3-5-7-11/h4,6,13H,2-3,5,7-10H2,1H3. The van der Waals surface area contributed by atoms with E-state index in [2.05, 4.69) is 28.8 Å². The van der Waals surface area contributed by atoms with E-state index >= 15 is 0 Å². The summed E-state index contributed by atoms with van der Waals surface area (Å²) in [7, 11) is 0. The van der Waals surface area contributed by atoms with Crippen LogP contribution >= 0.6 is 11.9 Å². The number of nitrogens with zero attached hydrogens (tertiary/aromatic N) is 1. The minimum atomic E-state index is 0.913. The molecular weight excluding hydrogens is 192 g/mol. The first-order chi connectivity index (χ1) is 6.93. The lowest BCUT2D eigenvalue weighted by atomic mass is 10.1. The van der Waals surface area contributed by atoms with Crippen molar-refractivity contribution in [3.05, 3.63) is 12.2 Å². The van der Waals surface area contributed by atoms with E-state index in [0.717, 1.165) is 13.1 Å². The van der Waals surface area contributed by atoms with Crippen molar-refractivity contribution in [3.63, 3.8) is 0 Å².